The van der Waals surface area contributed by atoms with E-state index in [1.54, 1.807) is 12.4 Å². The van der Waals surface area contributed by atoms with Gasteiger partial charge in [0.1, 0.15) is 9.80 Å². The van der Waals surface area contributed by atoms with Gasteiger partial charge in [0.05, 0.1) is 12.4 Å². The van der Waals surface area contributed by atoms with Crippen LogP contribution in [0.25, 0.3) is 0 Å². The Bertz CT molecular complexity index is 383. The molecule has 1 unspecified atom stereocenters. The van der Waals surface area contributed by atoms with Crippen molar-refractivity contribution >= 4 is 22.6 Å². The minimum Gasteiger partial charge on any atom is -0.473 e. The second-order valence-corrected chi connectivity index (χ2v) is 6.04. The lowest BCUT2D eigenvalue weighted by Crippen LogP contribution is -2.43. The highest BCUT2D eigenvalue weighted by Gasteiger charge is 2.39. The fourth-order valence-corrected chi connectivity index (χ4v) is 3.27. The molecule has 2 fully saturated rings. The smallest absolute Gasteiger partial charge is 0.232 e. The zero-order valence-electron chi connectivity index (χ0n) is 9.84. The molecule has 4 nitrogen and oxygen atoms in total. The Morgan fingerprint density at radius 3 is 2.53 bits per heavy atom. The summed E-state index contributed by atoms with van der Waals surface area (Å²) in [6.45, 7) is 0. The summed E-state index contributed by atoms with van der Waals surface area (Å²) in [5.74, 6) is 0.666. The van der Waals surface area contributed by atoms with Gasteiger partial charge in [-0.1, -0.05) is 0 Å². The van der Waals surface area contributed by atoms with Gasteiger partial charge >= 0.3 is 0 Å². The van der Waals surface area contributed by atoms with Crippen LogP contribution in [0.5, 0.6) is 5.88 Å². The van der Waals surface area contributed by atoms with E-state index in [4.69, 9.17) is 4.74 Å². The highest BCUT2D eigenvalue weighted by Crippen LogP contribution is 2.35. The molecular formula is C12H16IN3O. The number of hydrogen-bond acceptors (Lipinski definition) is 4. The van der Waals surface area contributed by atoms with E-state index >= 15 is 0 Å². The fourth-order valence-electron chi connectivity index (χ4n) is 2.99. The maximum Gasteiger partial charge on any atom is 0.232 e. The Morgan fingerprint density at radius 2 is 1.94 bits per heavy atom. The predicted octanol–water partition coefficient (Wildman–Crippen LogP) is 2.09. The molecular weight excluding hydrogens is 329 g/mol. The van der Waals surface area contributed by atoms with E-state index in [1.807, 2.05) is 0 Å². The monoisotopic (exact) mass is 345 g/mol. The fraction of sp³-hybridized carbons (Fsp3) is 0.667. The number of piperidine rings is 1. The molecule has 92 valence electrons. The highest BCUT2D eigenvalue weighted by molar-refractivity contribution is 14.1. The first-order valence-electron chi connectivity index (χ1n) is 6.08. The third-order valence-corrected chi connectivity index (χ3v) is 4.50. The molecule has 0 radical (unpaired) electrons. The maximum atomic E-state index is 5.94. The molecule has 3 heterocycles. The summed E-state index contributed by atoms with van der Waals surface area (Å²) in [7, 11) is 2.24. The Morgan fingerprint density at radius 1 is 1.24 bits per heavy atom. The molecule has 3 atom stereocenters. The van der Waals surface area contributed by atoms with Gasteiger partial charge in [-0.15, -0.1) is 0 Å². The summed E-state index contributed by atoms with van der Waals surface area (Å²) in [6.07, 6.45) is 8.68. The van der Waals surface area contributed by atoms with Gasteiger partial charge in [0.2, 0.25) is 5.88 Å². The molecule has 2 aliphatic heterocycles. The van der Waals surface area contributed by atoms with Crippen LogP contribution in [0.2, 0.25) is 0 Å². The van der Waals surface area contributed by atoms with Crippen LogP contribution >= 0.6 is 22.6 Å². The van der Waals surface area contributed by atoms with Gasteiger partial charge in [-0.3, -0.25) is 0 Å². The molecule has 3 rings (SSSR count). The van der Waals surface area contributed by atoms with Crippen molar-refractivity contribution in [2.75, 3.05) is 7.05 Å². The minimum absolute atomic E-state index is 0.318. The van der Waals surface area contributed by atoms with Gasteiger partial charge in [0.25, 0.3) is 0 Å². The van der Waals surface area contributed by atoms with Crippen molar-refractivity contribution in [3.63, 3.8) is 0 Å². The number of nitrogens with zero attached hydrogens (tertiary/aromatic N) is 3. The number of fused-ring (bicyclic) bond motifs is 2. The van der Waals surface area contributed by atoms with Crippen molar-refractivity contribution in [3.05, 3.63) is 16.1 Å². The van der Waals surface area contributed by atoms with Gasteiger partial charge in [0, 0.05) is 12.1 Å². The van der Waals surface area contributed by atoms with Crippen molar-refractivity contribution < 1.29 is 4.74 Å². The largest absolute Gasteiger partial charge is 0.473 e. The van der Waals surface area contributed by atoms with Crippen LogP contribution in [0, 0.1) is 3.70 Å². The molecule has 0 saturated carbocycles. The Labute approximate surface area is 115 Å². The topological polar surface area (TPSA) is 38.2 Å². The summed E-state index contributed by atoms with van der Waals surface area (Å²) in [5, 5.41) is 0. The number of aromatic nitrogens is 2. The SMILES string of the molecule is CN1[C@@H]2CC[C@H]1CC(Oc1cnc(I)cn1)C2. The lowest BCUT2D eigenvalue weighted by Gasteiger charge is -2.35. The van der Waals surface area contributed by atoms with Gasteiger partial charge in [-0.05, 0) is 55.3 Å². The molecule has 0 amide bonds. The molecule has 0 N–H and O–H groups in total. The second-order valence-electron chi connectivity index (χ2n) is 4.94. The summed E-state index contributed by atoms with van der Waals surface area (Å²) in [4.78, 5) is 11.0. The summed E-state index contributed by atoms with van der Waals surface area (Å²) in [5.41, 5.74) is 0. The molecule has 2 aliphatic rings. The quantitative estimate of drug-likeness (QED) is 0.770. The molecule has 2 bridgehead atoms. The molecule has 0 aliphatic carbocycles. The molecule has 0 spiro atoms. The van der Waals surface area contributed by atoms with Crippen molar-refractivity contribution in [1.82, 2.24) is 14.9 Å². The highest BCUT2D eigenvalue weighted by atomic mass is 127. The van der Waals surface area contributed by atoms with E-state index in [-0.39, 0.29) is 0 Å². The van der Waals surface area contributed by atoms with Crippen molar-refractivity contribution in [2.24, 2.45) is 0 Å². The van der Waals surface area contributed by atoms with Crippen molar-refractivity contribution in [3.8, 4) is 5.88 Å². The predicted molar refractivity (Wildman–Crippen MR) is 73.0 cm³/mol. The standard InChI is InChI=1S/C12H16IN3O/c1-16-8-2-3-9(16)5-10(4-8)17-12-7-14-11(13)6-15-12/h6-10H,2-5H2,1H3/t8-,9+,10?. The van der Waals surface area contributed by atoms with Crippen LogP contribution in [0.4, 0.5) is 0 Å². The lowest BCUT2D eigenvalue weighted by atomic mass is 10.0. The summed E-state index contributed by atoms with van der Waals surface area (Å²) in [6, 6.07) is 1.41. The second kappa shape index (κ2) is 4.68. The normalized spacial score (nSPS) is 32.7. The Hall–Kier alpha value is -0.430. The minimum atomic E-state index is 0.318. The molecule has 0 aromatic carbocycles. The third-order valence-electron chi connectivity index (χ3n) is 3.94. The average Bonchev–Trinajstić information content (AvgIpc) is 2.55. The third kappa shape index (κ3) is 2.40. The van der Waals surface area contributed by atoms with Crippen LogP contribution < -0.4 is 4.74 Å². The van der Waals surface area contributed by atoms with Crippen LogP contribution in [-0.2, 0) is 0 Å². The van der Waals surface area contributed by atoms with Crippen LogP contribution in [-0.4, -0.2) is 40.1 Å². The van der Waals surface area contributed by atoms with E-state index in [9.17, 15) is 0 Å². The average molecular weight is 345 g/mol. The number of halogens is 1. The number of rotatable bonds is 2. The first-order chi connectivity index (χ1) is 8.22. The lowest BCUT2D eigenvalue weighted by molar-refractivity contribution is 0.0629. The maximum absolute atomic E-state index is 5.94. The molecule has 1 aromatic rings. The van der Waals surface area contributed by atoms with Gasteiger partial charge in [-0.25, -0.2) is 9.97 Å². The molecule has 17 heavy (non-hydrogen) atoms. The van der Waals surface area contributed by atoms with Gasteiger partial charge in [-0.2, -0.15) is 0 Å². The summed E-state index contributed by atoms with van der Waals surface area (Å²) >= 11 is 2.15. The van der Waals surface area contributed by atoms with Crippen LogP contribution in [0.15, 0.2) is 12.4 Å². The first kappa shape index (κ1) is 11.6. The molecule has 1 aromatic heterocycles. The van der Waals surface area contributed by atoms with Crippen molar-refractivity contribution in [2.45, 2.75) is 43.9 Å². The Kier molecular flexibility index (Phi) is 3.21. The van der Waals surface area contributed by atoms with Gasteiger partial charge < -0.3 is 9.64 Å². The van der Waals surface area contributed by atoms with Gasteiger partial charge in [0.15, 0.2) is 0 Å². The molecule has 5 heteroatoms. The van der Waals surface area contributed by atoms with E-state index < -0.39 is 0 Å². The zero-order chi connectivity index (χ0) is 11.8. The number of hydrogen-bond donors (Lipinski definition) is 0. The van der Waals surface area contributed by atoms with E-state index in [0.717, 1.165) is 16.5 Å². The van der Waals surface area contributed by atoms with E-state index in [0.29, 0.717) is 24.1 Å². The first-order valence-corrected chi connectivity index (χ1v) is 7.16. The summed E-state index contributed by atoms with van der Waals surface area (Å²) < 4.78 is 6.84. The zero-order valence-corrected chi connectivity index (χ0v) is 12.0. The number of ether oxygens (including phenoxy) is 1. The van der Waals surface area contributed by atoms with Crippen LogP contribution in [0.3, 0.4) is 0 Å². The van der Waals surface area contributed by atoms with E-state index in [1.165, 1.54) is 12.8 Å². The van der Waals surface area contributed by atoms with E-state index in [2.05, 4.69) is 44.5 Å². The Balaban J connectivity index is 1.65. The van der Waals surface area contributed by atoms with Crippen LogP contribution in [0.1, 0.15) is 25.7 Å². The molecule has 2 saturated heterocycles. The van der Waals surface area contributed by atoms with Crippen molar-refractivity contribution in [1.29, 1.82) is 0 Å².